The maximum absolute atomic E-state index is 2.71. The van der Waals surface area contributed by atoms with Gasteiger partial charge in [-0.15, -0.1) is 0 Å². The lowest BCUT2D eigenvalue weighted by molar-refractivity contribution is 0.164. The second-order valence-electron chi connectivity index (χ2n) is 4.46. The van der Waals surface area contributed by atoms with Crippen LogP contribution in [0.1, 0.15) is 45.4 Å². The molecule has 2 unspecified atom stereocenters. The van der Waals surface area contributed by atoms with Crippen molar-refractivity contribution in [2.24, 2.45) is 5.92 Å². The van der Waals surface area contributed by atoms with Crippen molar-refractivity contribution >= 4 is 0 Å². The van der Waals surface area contributed by atoms with Crippen LogP contribution < -0.4 is 0 Å². The molecule has 0 radical (unpaired) electrons. The molecule has 0 aromatic rings. The summed E-state index contributed by atoms with van der Waals surface area (Å²) in [6.45, 7) is 4.96. The molecular weight excluding hydrogens is 146 g/mol. The number of rotatable bonds is 1. The molecule has 2 atom stereocenters. The molecule has 0 aromatic carbocycles. The van der Waals surface area contributed by atoms with Gasteiger partial charge in [-0.05, 0) is 44.7 Å². The minimum absolute atomic E-state index is 0.955. The first-order chi connectivity index (χ1) is 5.90. The van der Waals surface area contributed by atoms with Gasteiger partial charge in [0.1, 0.15) is 0 Å². The largest absolute Gasteiger partial charge is 0.301 e. The first kappa shape index (κ1) is 8.55. The van der Waals surface area contributed by atoms with Crippen LogP contribution in [0.15, 0.2) is 0 Å². The van der Waals surface area contributed by atoms with E-state index in [9.17, 15) is 0 Å². The predicted octanol–water partition coefficient (Wildman–Crippen LogP) is 2.66. The van der Waals surface area contributed by atoms with E-state index in [1.54, 1.807) is 0 Å². The first-order valence-corrected chi connectivity index (χ1v) is 5.64. The summed E-state index contributed by atoms with van der Waals surface area (Å²) in [5, 5.41) is 0. The van der Waals surface area contributed by atoms with E-state index in [0.29, 0.717) is 0 Å². The van der Waals surface area contributed by atoms with Gasteiger partial charge in [0, 0.05) is 6.04 Å². The third kappa shape index (κ3) is 1.66. The summed E-state index contributed by atoms with van der Waals surface area (Å²) in [6.07, 6.45) is 8.96. The van der Waals surface area contributed by atoms with Crippen molar-refractivity contribution in [1.82, 2.24) is 4.90 Å². The monoisotopic (exact) mass is 167 g/mol. The van der Waals surface area contributed by atoms with Crippen LogP contribution in [-0.4, -0.2) is 24.0 Å². The molecule has 1 saturated heterocycles. The Kier molecular flexibility index (Phi) is 2.69. The van der Waals surface area contributed by atoms with Gasteiger partial charge in [-0.2, -0.15) is 0 Å². The maximum atomic E-state index is 2.71. The van der Waals surface area contributed by atoms with Crippen LogP contribution in [-0.2, 0) is 0 Å². The summed E-state index contributed by atoms with van der Waals surface area (Å²) in [4.78, 5) is 2.71. The van der Waals surface area contributed by atoms with Crippen LogP contribution in [0.3, 0.4) is 0 Å². The Morgan fingerprint density at radius 2 is 2.00 bits per heavy atom. The van der Waals surface area contributed by atoms with Gasteiger partial charge < -0.3 is 4.90 Å². The Bertz CT molecular complexity index is 144. The topological polar surface area (TPSA) is 3.24 Å². The van der Waals surface area contributed by atoms with Gasteiger partial charge in [-0.3, -0.25) is 0 Å². The summed E-state index contributed by atoms with van der Waals surface area (Å²) in [6, 6.07) is 0.955. The van der Waals surface area contributed by atoms with Gasteiger partial charge in [0.05, 0.1) is 0 Å². The standard InChI is InChI=1S/C11H21N/c1-2-12-8-4-6-10-5-3-7-11(12)9-10/h10-11H,2-9H2,1H3. The minimum Gasteiger partial charge on any atom is -0.301 e. The van der Waals surface area contributed by atoms with Crippen LogP contribution in [0, 0.1) is 5.92 Å². The number of likely N-dealkylation sites (tertiary alicyclic amines) is 1. The van der Waals surface area contributed by atoms with Gasteiger partial charge >= 0.3 is 0 Å². The van der Waals surface area contributed by atoms with Gasteiger partial charge in [0.15, 0.2) is 0 Å². The Hall–Kier alpha value is -0.0400. The number of hydrogen-bond donors (Lipinski definition) is 0. The van der Waals surface area contributed by atoms with E-state index < -0.39 is 0 Å². The fraction of sp³-hybridized carbons (Fsp3) is 1.00. The molecule has 12 heavy (non-hydrogen) atoms. The predicted molar refractivity (Wildman–Crippen MR) is 52.2 cm³/mol. The lowest BCUT2D eigenvalue weighted by atomic mass is 9.84. The van der Waals surface area contributed by atoms with E-state index in [1.807, 2.05) is 0 Å². The minimum atomic E-state index is 0.955. The quantitative estimate of drug-likeness (QED) is 0.580. The highest BCUT2D eigenvalue weighted by Gasteiger charge is 2.28. The summed E-state index contributed by atoms with van der Waals surface area (Å²) >= 11 is 0. The molecule has 1 heteroatoms. The number of nitrogens with zero attached hydrogens (tertiary/aromatic N) is 1. The second-order valence-corrected chi connectivity index (χ2v) is 4.46. The van der Waals surface area contributed by atoms with E-state index in [0.717, 1.165) is 12.0 Å². The van der Waals surface area contributed by atoms with Crippen molar-refractivity contribution < 1.29 is 0 Å². The fourth-order valence-electron chi connectivity index (χ4n) is 3.04. The molecule has 1 nitrogen and oxygen atoms in total. The molecule has 0 N–H and O–H groups in total. The zero-order valence-electron chi connectivity index (χ0n) is 8.26. The summed E-state index contributed by atoms with van der Waals surface area (Å²) in [5.41, 5.74) is 0. The Morgan fingerprint density at radius 3 is 2.83 bits per heavy atom. The maximum Gasteiger partial charge on any atom is 0.00977 e. The molecule has 0 amide bonds. The number of fused-ring (bicyclic) bond motifs is 2. The van der Waals surface area contributed by atoms with Crippen molar-refractivity contribution in [2.75, 3.05) is 13.1 Å². The fourth-order valence-corrected chi connectivity index (χ4v) is 3.04. The molecule has 1 aliphatic carbocycles. The van der Waals surface area contributed by atoms with Crippen molar-refractivity contribution in [3.63, 3.8) is 0 Å². The molecule has 1 saturated carbocycles. The van der Waals surface area contributed by atoms with Crippen molar-refractivity contribution in [1.29, 1.82) is 0 Å². The molecule has 2 rings (SSSR count). The average Bonchev–Trinajstić information content (AvgIpc) is 2.25. The third-order valence-electron chi connectivity index (χ3n) is 3.74. The molecule has 1 aliphatic heterocycles. The van der Waals surface area contributed by atoms with E-state index in [4.69, 9.17) is 0 Å². The van der Waals surface area contributed by atoms with Crippen LogP contribution in [0.2, 0.25) is 0 Å². The smallest absolute Gasteiger partial charge is 0.00977 e. The van der Waals surface area contributed by atoms with Crippen LogP contribution >= 0.6 is 0 Å². The number of hydrogen-bond acceptors (Lipinski definition) is 1. The summed E-state index contributed by atoms with van der Waals surface area (Å²) < 4.78 is 0. The Morgan fingerprint density at radius 1 is 1.17 bits per heavy atom. The van der Waals surface area contributed by atoms with Crippen LogP contribution in [0.25, 0.3) is 0 Å². The normalized spacial score (nSPS) is 37.8. The van der Waals surface area contributed by atoms with E-state index in [2.05, 4.69) is 11.8 Å². The molecule has 2 aliphatic rings. The highest BCUT2D eigenvalue weighted by molar-refractivity contribution is 4.83. The Balaban J connectivity index is 2.00. The van der Waals surface area contributed by atoms with Crippen molar-refractivity contribution in [2.45, 2.75) is 51.5 Å². The Labute approximate surface area is 76.1 Å². The molecule has 2 bridgehead atoms. The molecule has 70 valence electrons. The highest BCUT2D eigenvalue weighted by atomic mass is 15.1. The summed E-state index contributed by atoms with van der Waals surface area (Å²) in [7, 11) is 0. The third-order valence-corrected chi connectivity index (χ3v) is 3.74. The van der Waals surface area contributed by atoms with Crippen molar-refractivity contribution in [3.05, 3.63) is 0 Å². The molecule has 0 spiro atoms. The van der Waals surface area contributed by atoms with Gasteiger partial charge in [0.2, 0.25) is 0 Å². The van der Waals surface area contributed by atoms with Crippen LogP contribution in [0.5, 0.6) is 0 Å². The van der Waals surface area contributed by atoms with Crippen molar-refractivity contribution in [3.8, 4) is 0 Å². The zero-order chi connectivity index (χ0) is 8.39. The first-order valence-electron chi connectivity index (χ1n) is 5.64. The lowest BCUT2D eigenvalue weighted by Crippen LogP contribution is -2.36. The second kappa shape index (κ2) is 3.78. The van der Waals surface area contributed by atoms with Crippen LogP contribution in [0.4, 0.5) is 0 Å². The highest BCUT2D eigenvalue weighted by Crippen LogP contribution is 2.33. The van der Waals surface area contributed by atoms with Gasteiger partial charge in [-0.1, -0.05) is 19.8 Å². The SMILES string of the molecule is CCN1CCCC2CCCC1C2. The lowest BCUT2D eigenvalue weighted by Gasteiger charge is -2.33. The van der Waals surface area contributed by atoms with Gasteiger partial charge in [0.25, 0.3) is 0 Å². The molecule has 0 aromatic heterocycles. The average molecular weight is 167 g/mol. The van der Waals surface area contributed by atoms with Gasteiger partial charge in [-0.25, -0.2) is 0 Å². The molecule has 1 heterocycles. The summed E-state index contributed by atoms with van der Waals surface area (Å²) in [5.74, 6) is 1.08. The van der Waals surface area contributed by atoms with E-state index in [1.165, 1.54) is 51.6 Å². The molecular formula is C11H21N. The zero-order valence-corrected chi connectivity index (χ0v) is 8.26. The van der Waals surface area contributed by atoms with E-state index >= 15 is 0 Å². The van der Waals surface area contributed by atoms with E-state index in [-0.39, 0.29) is 0 Å². The molecule has 2 fully saturated rings.